The van der Waals surface area contributed by atoms with Crippen molar-refractivity contribution in [1.29, 1.82) is 0 Å². The summed E-state index contributed by atoms with van der Waals surface area (Å²) >= 11 is 5.59. The minimum Gasteiger partial charge on any atom is -0.501 e. The van der Waals surface area contributed by atoms with Crippen LogP contribution in [-0.4, -0.2) is 19.9 Å². The van der Waals surface area contributed by atoms with Crippen molar-refractivity contribution in [3.63, 3.8) is 0 Å². The second-order valence-corrected chi connectivity index (χ2v) is 3.70. The number of phenols is 1. The fourth-order valence-corrected chi connectivity index (χ4v) is 1.66. The predicted molar refractivity (Wildman–Crippen MR) is 66.7 cm³/mol. The molecular weight excluding hydrogens is 280 g/mol. The van der Waals surface area contributed by atoms with E-state index in [2.05, 4.69) is 4.98 Å². The van der Waals surface area contributed by atoms with Crippen LogP contribution in [0.25, 0.3) is 10.9 Å². The second-order valence-electron chi connectivity index (χ2n) is 3.31. The maximum atomic E-state index is 10.8. The van der Waals surface area contributed by atoms with Gasteiger partial charge in [-0.15, -0.1) is 0 Å². The molecule has 0 aliphatic carbocycles. The minimum atomic E-state index is -0.926. The number of fused-ring (bicyclic) bond motifs is 1. The summed E-state index contributed by atoms with van der Waals surface area (Å²) in [5.41, 5.74) is -1.58. The minimum absolute atomic E-state index is 0. The Bertz CT molecular complexity index is 690. The van der Waals surface area contributed by atoms with E-state index in [4.69, 9.17) is 11.6 Å². The van der Waals surface area contributed by atoms with E-state index < -0.39 is 27.0 Å². The molecule has 0 radical (unpaired) electrons. The highest BCUT2D eigenvalue weighted by atomic mass is 35.5. The Hall–Kier alpha value is -2.52. The average Bonchev–Trinajstić information content (AvgIpc) is 2.29. The molecule has 0 aliphatic rings. The lowest BCUT2D eigenvalue weighted by Gasteiger charge is -2.03. The molecule has 0 aliphatic heterocycles. The van der Waals surface area contributed by atoms with E-state index in [0.29, 0.717) is 6.07 Å². The normalized spacial score (nSPS) is 9.95. The Morgan fingerprint density at radius 3 is 2.26 bits per heavy atom. The van der Waals surface area contributed by atoms with Gasteiger partial charge in [-0.1, -0.05) is 11.6 Å². The monoisotopic (exact) mass is 286 g/mol. The number of non-ortho nitro benzene ring substituents is 1. The fraction of sp³-hybridized carbons (Fsp3) is 0. The molecular formula is C9H7ClN4O5. The Kier molecular flexibility index (Phi) is 3.83. The second kappa shape index (κ2) is 5.00. The smallest absolute Gasteiger partial charge is 0.319 e. The molecule has 0 spiro atoms. The molecule has 2 rings (SSSR count). The zero-order chi connectivity index (χ0) is 13.4. The standard InChI is InChI=1S/C9H4ClN3O5.H3N/c10-7-2-1-4-5(12(15)16)3-6(13(17)18)9(14)8(4)11-7;/h1-3,14H;1H3. The van der Waals surface area contributed by atoms with Gasteiger partial charge in [0.15, 0.2) is 0 Å². The van der Waals surface area contributed by atoms with Gasteiger partial charge in [-0.25, -0.2) is 4.98 Å². The van der Waals surface area contributed by atoms with E-state index in [9.17, 15) is 25.3 Å². The molecule has 10 heteroatoms. The number of nitro benzene ring substituents is 2. The van der Waals surface area contributed by atoms with Crippen LogP contribution in [0.5, 0.6) is 5.75 Å². The number of aromatic hydroxyl groups is 1. The third-order valence-electron chi connectivity index (χ3n) is 2.27. The Morgan fingerprint density at radius 1 is 1.16 bits per heavy atom. The highest BCUT2D eigenvalue weighted by molar-refractivity contribution is 6.30. The van der Waals surface area contributed by atoms with E-state index in [1.165, 1.54) is 12.1 Å². The van der Waals surface area contributed by atoms with E-state index in [1.807, 2.05) is 0 Å². The fourth-order valence-electron chi connectivity index (χ4n) is 1.51. The Labute approximate surface area is 110 Å². The van der Waals surface area contributed by atoms with Gasteiger partial charge < -0.3 is 11.3 Å². The molecule has 4 N–H and O–H groups in total. The van der Waals surface area contributed by atoms with Crippen molar-refractivity contribution < 1.29 is 15.0 Å². The first-order valence-electron chi connectivity index (χ1n) is 4.53. The van der Waals surface area contributed by atoms with Gasteiger partial charge in [-0.05, 0) is 12.1 Å². The number of nitro groups is 2. The maximum absolute atomic E-state index is 10.8. The zero-order valence-corrected chi connectivity index (χ0v) is 9.99. The largest absolute Gasteiger partial charge is 0.501 e. The topological polar surface area (TPSA) is 154 Å². The molecule has 1 heterocycles. The molecule has 0 atom stereocenters. The first kappa shape index (κ1) is 14.5. The van der Waals surface area contributed by atoms with Gasteiger partial charge in [0.25, 0.3) is 5.69 Å². The van der Waals surface area contributed by atoms with E-state index in [0.717, 1.165) is 0 Å². The summed E-state index contributed by atoms with van der Waals surface area (Å²) in [4.78, 5) is 23.5. The number of hydrogen-bond acceptors (Lipinski definition) is 7. The molecule has 0 saturated heterocycles. The first-order valence-corrected chi connectivity index (χ1v) is 4.90. The van der Waals surface area contributed by atoms with Gasteiger partial charge in [0.1, 0.15) is 10.7 Å². The molecule has 19 heavy (non-hydrogen) atoms. The Balaban J connectivity index is 0.00000180. The summed E-state index contributed by atoms with van der Waals surface area (Å²) in [6.07, 6.45) is 0. The summed E-state index contributed by atoms with van der Waals surface area (Å²) in [5, 5.41) is 31.1. The summed E-state index contributed by atoms with van der Waals surface area (Å²) in [6.45, 7) is 0. The van der Waals surface area contributed by atoms with Crippen molar-refractivity contribution in [2.24, 2.45) is 0 Å². The number of phenolic OH excluding ortho intramolecular Hbond substituents is 1. The third-order valence-corrected chi connectivity index (χ3v) is 2.48. The van der Waals surface area contributed by atoms with Gasteiger partial charge in [-0.2, -0.15) is 0 Å². The molecule has 9 nitrogen and oxygen atoms in total. The Morgan fingerprint density at radius 2 is 1.74 bits per heavy atom. The van der Waals surface area contributed by atoms with E-state index >= 15 is 0 Å². The third kappa shape index (κ3) is 2.37. The number of hydrogen-bond donors (Lipinski definition) is 2. The number of halogens is 1. The number of aromatic nitrogens is 1. The van der Waals surface area contributed by atoms with Crippen molar-refractivity contribution in [3.05, 3.63) is 43.6 Å². The molecule has 100 valence electrons. The summed E-state index contributed by atoms with van der Waals surface area (Å²) in [6, 6.07) is 3.25. The molecule has 0 bridgehead atoms. The van der Waals surface area contributed by atoms with Crippen molar-refractivity contribution in [2.45, 2.75) is 0 Å². The lowest BCUT2D eigenvalue weighted by atomic mass is 10.1. The molecule has 0 amide bonds. The maximum Gasteiger partial charge on any atom is 0.319 e. The SMILES string of the molecule is N.O=[N+]([O-])c1cc([N+](=O)[O-])c2ccc(Cl)nc2c1O. The van der Waals surface area contributed by atoms with Crippen LogP contribution >= 0.6 is 11.6 Å². The average molecular weight is 287 g/mol. The highest BCUT2D eigenvalue weighted by Gasteiger charge is 2.26. The van der Waals surface area contributed by atoms with Crippen molar-refractivity contribution in [3.8, 4) is 5.75 Å². The summed E-state index contributed by atoms with van der Waals surface area (Å²) in [7, 11) is 0. The predicted octanol–water partition coefficient (Wildman–Crippen LogP) is 2.57. The van der Waals surface area contributed by atoms with Crippen molar-refractivity contribution in [2.75, 3.05) is 0 Å². The molecule has 1 aromatic heterocycles. The van der Waals surface area contributed by atoms with Crippen molar-refractivity contribution >= 4 is 33.9 Å². The zero-order valence-electron chi connectivity index (χ0n) is 9.24. The van der Waals surface area contributed by atoms with Gasteiger partial charge in [-0.3, -0.25) is 20.2 Å². The lowest BCUT2D eigenvalue weighted by molar-refractivity contribution is -0.393. The molecule has 1 aromatic carbocycles. The van der Waals surface area contributed by atoms with Crippen LogP contribution in [0.3, 0.4) is 0 Å². The number of rotatable bonds is 2. The van der Waals surface area contributed by atoms with Crippen LogP contribution in [-0.2, 0) is 0 Å². The van der Waals surface area contributed by atoms with Crippen LogP contribution in [0, 0.1) is 20.2 Å². The van der Waals surface area contributed by atoms with Crippen LogP contribution in [0.15, 0.2) is 18.2 Å². The summed E-state index contributed by atoms with van der Waals surface area (Å²) < 4.78 is 0. The van der Waals surface area contributed by atoms with Crippen molar-refractivity contribution in [1.82, 2.24) is 11.1 Å². The number of pyridine rings is 1. The van der Waals surface area contributed by atoms with Crippen LogP contribution in [0.4, 0.5) is 11.4 Å². The van der Waals surface area contributed by atoms with Gasteiger partial charge >= 0.3 is 5.69 Å². The lowest BCUT2D eigenvalue weighted by Crippen LogP contribution is -1.96. The molecule has 0 saturated carbocycles. The summed E-state index contributed by atoms with van der Waals surface area (Å²) in [5.74, 6) is -0.747. The van der Waals surface area contributed by atoms with Gasteiger partial charge in [0.2, 0.25) is 5.75 Å². The molecule has 0 unspecified atom stereocenters. The van der Waals surface area contributed by atoms with E-state index in [1.54, 1.807) is 0 Å². The number of nitrogens with zero attached hydrogens (tertiary/aromatic N) is 3. The first-order chi connectivity index (χ1) is 8.41. The number of benzene rings is 1. The highest BCUT2D eigenvalue weighted by Crippen LogP contribution is 2.39. The van der Waals surface area contributed by atoms with Crippen LogP contribution in [0.1, 0.15) is 0 Å². The quantitative estimate of drug-likeness (QED) is 0.488. The van der Waals surface area contributed by atoms with Crippen LogP contribution < -0.4 is 6.15 Å². The molecule has 0 fully saturated rings. The van der Waals surface area contributed by atoms with E-state index in [-0.39, 0.29) is 22.2 Å². The van der Waals surface area contributed by atoms with Gasteiger partial charge in [0.05, 0.1) is 21.3 Å². The molecule has 2 aromatic rings. The van der Waals surface area contributed by atoms with Gasteiger partial charge in [0, 0.05) is 0 Å². The van der Waals surface area contributed by atoms with Crippen LogP contribution in [0.2, 0.25) is 5.15 Å².